The zero-order chi connectivity index (χ0) is 19.0. The number of aliphatic carboxylic acids is 1. The minimum atomic E-state index is -1.07. The molecule has 144 valence electrons. The van der Waals surface area contributed by atoms with Gasteiger partial charge in [-0.2, -0.15) is 0 Å². The van der Waals surface area contributed by atoms with Gasteiger partial charge in [-0.3, -0.25) is 14.5 Å². The van der Waals surface area contributed by atoms with Crippen LogP contribution < -0.4 is 0 Å². The number of piperidine rings is 1. The maximum atomic E-state index is 13.1. The van der Waals surface area contributed by atoms with E-state index in [9.17, 15) is 19.5 Å². The molecule has 3 fully saturated rings. The number of nitrogens with zero attached hydrogens (tertiary/aromatic N) is 2. The molecule has 2 amide bonds. The first-order chi connectivity index (χ1) is 13.0. The predicted octanol–water partition coefficient (Wildman–Crippen LogP) is 1.73. The van der Waals surface area contributed by atoms with Crippen LogP contribution in [0, 0.1) is 5.92 Å². The molecule has 2 aliphatic heterocycles. The van der Waals surface area contributed by atoms with E-state index in [2.05, 4.69) is 0 Å². The van der Waals surface area contributed by atoms with Crippen molar-refractivity contribution in [2.45, 2.75) is 43.9 Å². The van der Waals surface area contributed by atoms with Crippen LogP contribution in [0.5, 0.6) is 0 Å². The van der Waals surface area contributed by atoms with Gasteiger partial charge >= 0.3 is 5.97 Å². The molecule has 27 heavy (non-hydrogen) atoms. The van der Waals surface area contributed by atoms with Gasteiger partial charge in [-0.25, -0.2) is 4.79 Å². The number of benzene rings is 1. The molecule has 7 nitrogen and oxygen atoms in total. The SMILES string of the molecule is O=C(O)[C@H]1COC2(CCN(C(=O)C3CCC3)CC2)N1C(=O)c1ccccc1. The fourth-order valence-electron chi connectivity index (χ4n) is 4.27. The van der Waals surface area contributed by atoms with Gasteiger partial charge in [0.2, 0.25) is 5.91 Å². The Hall–Kier alpha value is -2.41. The number of amides is 2. The monoisotopic (exact) mass is 372 g/mol. The molecule has 0 unspecified atom stereocenters. The average molecular weight is 372 g/mol. The number of carbonyl (C=O) groups excluding carboxylic acids is 2. The highest BCUT2D eigenvalue weighted by atomic mass is 16.5. The van der Waals surface area contributed by atoms with E-state index in [4.69, 9.17) is 4.74 Å². The van der Waals surface area contributed by atoms with Crippen LogP contribution in [-0.4, -0.2) is 64.2 Å². The highest BCUT2D eigenvalue weighted by molar-refractivity contribution is 5.97. The van der Waals surface area contributed by atoms with Crippen LogP contribution in [0.25, 0.3) is 0 Å². The number of likely N-dealkylation sites (tertiary alicyclic amines) is 1. The molecular weight excluding hydrogens is 348 g/mol. The first kappa shape index (κ1) is 18.0. The molecule has 1 aromatic rings. The van der Waals surface area contributed by atoms with Crippen molar-refractivity contribution in [2.24, 2.45) is 5.92 Å². The van der Waals surface area contributed by atoms with Crippen LogP contribution in [0.3, 0.4) is 0 Å². The van der Waals surface area contributed by atoms with Crippen molar-refractivity contribution in [2.75, 3.05) is 19.7 Å². The standard InChI is InChI=1S/C20H24N2O5/c23-17(14-7-4-8-14)21-11-9-20(10-12-21)22(16(13-27-20)19(25)26)18(24)15-5-2-1-3-6-15/h1-3,5-6,14,16H,4,7-13H2,(H,25,26)/t16-/m1/s1. The van der Waals surface area contributed by atoms with Crippen LogP contribution in [0.15, 0.2) is 30.3 Å². The van der Waals surface area contributed by atoms with Crippen molar-refractivity contribution in [3.8, 4) is 0 Å². The van der Waals surface area contributed by atoms with E-state index >= 15 is 0 Å². The maximum Gasteiger partial charge on any atom is 0.328 e. The van der Waals surface area contributed by atoms with Crippen LogP contribution in [0.1, 0.15) is 42.5 Å². The Morgan fingerprint density at radius 1 is 1.07 bits per heavy atom. The lowest BCUT2D eigenvalue weighted by Crippen LogP contribution is -2.59. The van der Waals surface area contributed by atoms with Crippen molar-refractivity contribution in [3.63, 3.8) is 0 Å². The van der Waals surface area contributed by atoms with Crippen molar-refractivity contribution < 1.29 is 24.2 Å². The number of hydrogen-bond acceptors (Lipinski definition) is 4. The lowest BCUT2D eigenvalue weighted by molar-refractivity contribution is -0.151. The van der Waals surface area contributed by atoms with E-state index in [1.165, 1.54) is 4.90 Å². The Bertz CT molecular complexity index is 738. The summed E-state index contributed by atoms with van der Waals surface area (Å²) in [6.07, 6.45) is 3.89. The minimum Gasteiger partial charge on any atom is -0.480 e. The molecule has 1 aromatic carbocycles. The molecule has 2 heterocycles. The Morgan fingerprint density at radius 3 is 2.30 bits per heavy atom. The van der Waals surface area contributed by atoms with Crippen LogP contribution in [0.2, 0.25) is 0 Å². The number of hydrogen-bond donors (Lipinski definition) is 1. The number of carboxylic acids is 1. The summed E-state index contributed by atoms with van der Waals surface area (Å²) < 4.78 is 5.93. The quantitative estimate of drug-likeness (QED) is 0.873. The summed E-state index contributed by atoms with van der Waals surface area (Å²) in [6, 6.07) is 7.68. The highest BCUT2D eigenvalue weighted by Gasteiger charge is 2.54. The highest BCUT2D eigenvalue weighted by Crippen LogP contribution is 2.39. The molecule has 7 heteroatoms. The smallest absolute Gasteiger partial charge is 0.328 e. The molecule has 1 saturated carbocycles. The molecule has 3 aliphatic rings. The summed E-state index contributed by atoms with van der Waals surface area (Å²) in [5, 5.41) is 9.61. The normalized spacial score (nSPS) is 24.7. The predicted molar refractivity (Wildman–Crippen MR) is 95.9 cm³/mol. The van der Waals surface area contributed by atoms with Gasteiger partial charge in [0.15, 0.2) is 6.04 Å². The van der Waals surface area contributed by atoms with E-state index in [-0.39, 0.29) is 24.3 Å². The van der Waals surface area contributed by atoms with Gasteiger partial charge < -0.3 is 14.7 Å². The second-order valence-electron chi connectivity index (χ2n) is 7.61. The van der Waals surface area contributed by atoms with Crippen LogP contribution >= 0.6 is 0 Å². The Balaban J connectivity index is 1.54. The summed E-state index contributed by atoms with van der Waals surface area (Å²) in [7, 11) is 0. The topological polar surface area (TPSA) is 87.2 Å². The molecule has 1 aliphatic carbocycles. The van der Waals surface area contributed by atoms with E-state index < -0.39 is 17.7 Å². The summed E-state index contributed by atoms with van der Waals surface area (Å²) in [5.41, 5.74) is -0.506. The third kappa shape index (κ3) is 3.10. The average Bonchev–Trinajstić information content (AvgIpc) is 3.00. The Morgan fingerprint density at radius 2 is 1.74 bits per heavy atom. The number of carbonyl (C=O) groups is 3. The second kappa shape index (κ2) is 6.96. The van der Waals surface area contributed by atoms with Gasteiger partial charge in [0.25, 0.3) is 5.91 Å². The van der Waals surface area contributed by atoms with E-state index in [1.54, 1.807) is 24.3 Å². The third-order valence-electron chi connectivity index (χ3n) is 6.10. The van der Waals surface area contributed by atoms with Gasteiger partial charge in [0.1, 0.15) is 5.72 Å². The van der Waals surface area contributed by atoms with E-state index in [0.717, 1.165) is 19.3 Å². The number of rotatable bonds is 3. The summed E-state index contributed by atoms with van der Waals surface area (Å²) >= 11 is 0. The first-order valence-corrected chi connectivity index (χ1v) is 9.56. The summed E-state index contributed by atoms with van der Waals surface area (Å²) in [4.78, 5) is 40.6. The molecule has 1 atom stereocenters. The lowest BCUT2D eigenvalue weighted by Gasteiger charge is -2.45. The third-order valence-corrected chi connectivity index (χ3v) is 6.10. The Labute approximate surface area is 157 Å². The lowest BCUT2D eigenvalue weighted by atomic mass is 9.83. The number of carboxylic acid groups (broad SMARTS) is 1. The zero-order valence-electron chi connectivity index (χ0n) is 15.2. The van der Waals surface area contributed by atoms with Crippen molar-refractivity contribution >= 4 is 17.8 Å². The largest absolute Gasteiger partial charge is 0.480 e. The fraction of sp³-hybridized carbons (Fsp3) is 0.550. The fourth-order valence-corrected chi connectivity index (χ4v) is 4.27. The summed E-state index contributed by atoms with van der Waals surface area (Å²) in [5.74, 6) is -1.08. The zero-order valence-corrected chi connectivity index (χ0v) is 15.2. The second-order valence-corrected chi connectivity index (χ2v) is 7.61. The molecule has 0 aromatic heterocycles. The molecule has 1 N–H and O–H groups in total. The molecule has 1 spiro atoms. The van der Waals surface area contributed by atoms with E-state index in [1.807, 2.05) is 11.0 Å². The van der Waals surface area contributed by atoms with E-state index in [0.29, 0.717) is 31.5 Å². The van der Waals surface area contributed by atoms with Gasteiger partial charge in [-0.1, -0.05) is 24.6 Å². The molecule has 2 saturated heterocycles. The van der Waals surface area contributed by atoms with Crippen molar-refractivity contribution in [3.05, 3.63) is 35.9 Å². The van der Waals surface area contributed by atoms with Gasteiger partial charge in [0, 0.05) is 37.4 Å². The maximum absolute atomic E-state index is 13.1. The molecule has 0 bridgehead atoms. The van der Waals surface area contributed by atoms with Crippen molar-refractivity contribution in [1.82, 2.24) is 9.80 Å². The Kier molecular flexibility index (Phi) is 4.63. The molecule has 0 radical (unpaired) electrons. The molecular formula is C20H24N2O5. The minimum absolute atomic E-state index is 0.0233. The first-order valence-electron chi connectivity index (χ1n) is 9.56. The van der Waals surface area contributed by atoms with Crippen LogP contribution in [-0.2, 0) is 14.3 Å². The van der Waals surface area contributed by atoms with Gasteiger partial charge in [-0.15, -0.1) is 0 Å². The number of ether oxygens (including phenoxy) is 1. The van der Waals surface area contributed by atoms with Gasteiger partial charge in [0.05, 0.1) is 6.61 Å². The van der Waals surface area contributed by atoms with Gasteiger partial charge in [-0.05, 0) is 25.0 Å². The van der Waals surface area contributed by atoms with Crippen molar-refractivity contribution in [1.29, 1.82) is 0 Å². The molecule has 4 rings (SSSR count). The summed E-state index contributed by atoms with van der Waals surface area (Å²) in [6.45, 7) is 0.949. The van der Waals surface area contributed by atoms with Crippen LogP contribution in [0.4, 0.5) is 0 Å².